The van der Waals surface area contributed by atoms with Gasteiger partial charge in [0.2, 0.25) is 17.5 Å². The first-order valence-corrected chi connectivity index (χ1v) is 5.51. The maximum absolute atomic E-state index is 11.8. The molecule has 1 aliphatic heterocycles. The molecule has 96 valence electrons. The molecule has 1 fully saturated rings. The number of hydrogen-bond donors (Lipinski definition) is 3. The van der Waals surface area contributed by atoms with Crippen LogP contribution in [0.1, 0.15) is 32.1 Å². The van der Waals surface area contributed by atoms with Crippen molar-refractivity contribution in [2.24, 2.45) is 11.5 Å². The van der Waals surface area contributed by atoms with Gasteiger partial charge in [0.15, 0.2) is 0 Å². The van der Waals surface area contributed by atoms with Gasteiger partial charge in [-0.15, -0.1) is 0 Å². The summed E-state index contributed by atoms with van der Waals surface area (Å²) in [7, 11) is 0. The number of carbonyl (C=O) groups is 3. The zero-order valence-electron chi connectivity index (χ0n) is 9.52. The standard InChI is InChI=1S/C10H17N3O4/c11-6-10(12,9(16)17)13-7(14)4-2-1-3-5-8(13)15/h1-6,11-12H2,(H,16,17)/t10-/m0/s1. The zero-order chi connectivity index (χ0) is 13.1. The summed E-state index contributed by atoms with van der Waals surface area (Å²) in [6.07, 6.45) is 2.28. The van der Waals surface area contributed by atoms with Crippen LogP contribution < -0.4 is 11.5 Å². The lowest BCUT2D eigenvalue weighted by Crippen LogP contribution is -2.69. The van der Waals surface area contributed by atoms with Crippen molar-refractivity contribution in [2.45, 2.75) is 37.8 Å². The molecular weight excluding hydrogens is 226 g/mol. The number of amides is 2. The van der Waals surface area contributed by atoms with E-state index >= 15 is 0 Å². The highest BCUT2D eigenvalue weighted by Crippen LogP contribution is 2.19. The summed E-state index contributed by atoms with van der Waals surface area (Å²) < 4.78 is 0. The third kappa shape index (κ3) is 2.62. The van der Waals surface area contributed by atoms with Crippen LogP contribution in [0, 0.1) is 0 Å². The number of rotatable bonds is 3. The zero-order valence-corrected chi connectivity index (χ0v) is 9.52. The second kappa shape index (κ2) is 5.24. The Hall–Kier alpha value is -1.47. The molecule has 17 heavy (non-hydrogen) atoms. The van der Waals surface area contributed by atoms with E-state index in [1.165, 1.54) is 0 Å². The van der Waals surface area contributed by atoms with Crippen molar-refractivity contribution in [3.05, 3.63) is 0 Å². The molecule has 0 aromatic rings. The van der Waals surface area contributed by atoms with Crippen LogP contribution in [-0.4, -0.2) is 40.0 Å². The average Bonchev–Trinajstić information content (AvgIpc) is 2.26. The predicted molar refractivity (Wildman–Crippen MR) is 58.5 cm³/mol. The van der Waals surface area contributed by atoms with Crippen molar-refractivity contribution in [1.82, 2.24) is 4.90 Å². The van der Waals surface area contributed by atoms with Crippen molar-refractivity contribution in [1.29, 1.82) is 0 Å². The Labute approximate surface area is 98.7 Å². The van der Waals surface area contributed by atoms with E-state index in [0.29, 0.717) is 17.7 Å². The van der Waals surface area contributed by atoms with Gasteiger partial charge in [-0.05, 0) is 12.8 Å². The van der Waals surface area contributed by atoms with Gasteiger partial charge in [-0.3, -0.25) is 20.2 Å². The van der Waals surface area contributed by atoms with Crippen LogP contribution in [-0.2, 0) is 14.4 Å². The van der Waals surface area contributed by atoms with E-state index in [4.69, 9.17) is 16.6 Å². The number of aliphatic carboxylic acids is 1. The normalized spacial score (nSPS) is 21.6. The van der Waals surface area contributed by atoms with E-state index in [9.17, 15) is 14.4 Å². The molecule has 0 aromatic carbocycles. The number of carboxylic acids is 1. The number of carbonyl (C=O) groups excluding carboxylic acids is 2. The van der Waals surface area contributed by atoms with Gasteiger partial charge in [0.1, 0.15) is 0 Å². The number of hydrogen-bond acceptors (Lipinski definition) is 5. The van der Waals surface area contributed by atoms with E-state index in [-0.39, 0.29) is 12.8 Å². The molecule has 0 aliphatic carbocycles. The lowest BCUT2D eigenvalue weighted by molar-refractivity contribution is -0.166. The first-order valence-electron chi connectivity index (χ1n) is 5.51. The number of imide groups is 1. The van der Waals surface area contributed by atoms with Gasteiger partial charge in [0, 0.05) is 19.4 Å². The van der Waals surface area contributed by atoms with E-state index < -0.39 is 30.0 Å². The highest BCUT2D eigenvalue weighted by molar-refractivity contribution is 6.01. The Morgan fingerprint density at radius 1 is 1.24 bits per heavy atom. The molecular formula is C10H17N3O4. The van der Waals surface area contributed by atoms with Crippen molar-refractivity contribution in [3.63, 3.8) is 0 Å². The van der Waals surface area contributed by atoms with Crippen molar-refractivity contribution >= 4 is 17.8 Å². The molecule has 0 saturated carbocycles. The van der Waals surface area contributed by atoms with Gasteiger partial charge in [-0.25, -0.2) is 4.79 Å². The third-order valence-corrected chi connectivity index (χ3v) is 2.86. The van der Waals surface area contributed by atoms with Crippen LogP contribution in [0.3, 0.4) is 0 Å². The topological polar surface area (TPSA) is 127 Å². The minimum atomic E-state index is -2.13. The predicted octanol–water partition coefficient (Wildman–Crippen LogP) is -0.996. The molecule has 7 nitrogen and oxygen atoms in total. The smallest absolute Gasteiger partial charge is 0.346 e. The Morgan fingerprint density at radius 2 is 1.71 bits per heavy atom. The Kier molecular flexibility index (Phi) is 4.19. The van der Waals surface area contributed by atoms with Gasteiger partial charge < -0.3 is 10.8 Å². The van der Waals surface area contributed by atoms with Gasteiger partial charge in [-0.1, -0.05) is 6.42 Å². The lowest BCUT2D eigenvalue weighted by atomic mass is 10.0. The van der Waals surface area contributed by atoms with Crippen LogP contribution in [0.4, 0.5) is 0 Å². The highest BCUT2D eigenvalue weighted by atomic mass is 16.4. The number of nitrogens with zero attached hydrogens (tertiary/aromatic N) is 1. The minimum absolute atomic E-state index is 0.123. The molecule has 7 heteroatoms. The van der Waals surface area contributed by atoms with Gasteiger partial charge in [0.05, 0.1) is 0 Å². The summed E-state index contributed by atoms with van der Waals surface area (Å²) in [6, 6.07) is 0. The summed E-state index contributed by atoms with van der Waals surface area (Å²) in [5.41, 5.74) is 8.74. The Bertz CT molecular complexity index is 326. The Morgan fingerprint density at radius 3 is 2.06 bits per heavy atom. The maximum atomic E-state index is 11.8. The van der Waals surface area contributed by atoms with Crippen LogP contribution in [0.2, 0.25) is 0 Å². The first kappa shape index (κ1) is 13.6. The summed E-state index contributed by atoms with van der Waals surface area (Å²) in [5.74, 6) is -2.60. The van der Waals surface area contributed by atoms with E-state index in [0.717, 1.165) is 6.42 Å². The fourth-order valence-corrected chi connectivity index (χ4v) is 1.81. The molecule has 0 radical (unpaired) electrons. The second-order valence-corrected chi connectivity index (χ2v) is 4.12. The molecule has 1 saturated heterocycles. The summed E-state index contributed by atoms with van der Waals surface area (Å²) >= 11 is 0. The average molecular weight is 243 g/mol. The molecule has 2 amide bonds. The molecule has 1 rings (SSSR count). The third-order valence-electron chi connectivity index (χ3n) is 2.86. The Balaban J connectivity index is 3.06. The minimum Gasteiger partial charge on any atom is -0.478 e. The summed E-state index contributed by atoms with van der Waals surface area (Å²) in [6.45, 7) is -0.500. The largest absolute Gasteiger partial charge is 0.478 e. The molecule has 0 unspecified atom stereocenters. The highest BCUT2D eigenvalue weighted by Gasteiger charge is 2.45. The first-order chi connectivity index (χ1) is 7.93. The van der Waals surface area contributed by atoms with Gasteiger partial charge in [0.25, 0.3) is 0 Å². The van der Waals surface area contributed by atoms with E-state index in [1.54, 1.807) is 0 Å². The second-order valence-electron chi connectivity index (χ2n) is 4.12. The monoisotopic (exact) mass is 243 g/mol. The van der Waals surface area contributed by atoms with Crippen molar-refractivity contribution < 1.29 is 19.5 Å². The fraction of sp³-hybridized carbons (Fsp3) is 0.700. The van der Waals surface area contributed by atoms with Crippen LogP contribution in [0.25, 0.3) is 0 Å². The fourth-order valence-electron chi connectivity index (χ4n) is 1.81. The molecule has 1 heterocycles. The SMILES string of the molecule is NC[C@@](N)(C(=O)O)N1C(=O)CCCCCC1=O. The number of nitrogens with two attached hydrogens (primary N) is 2. The quantitative estimate of drug-likeness (QED) is 0.546. The van der Waals surface area contributed by atoms with Crippen LogP contribution in [0.15, 0.2) is 0 Å². The molecule has 1 atom stereocenters. The number of carboxylic acid groups (broad SMARTS) is 1. The lowest BCUT2D eigenvalue weighted by Gasteiger charge is -2.35. The van der Waals surface area contributed by atoms with E-state index in [1.807, 2.05) is 0 Å². The van der Waals surface area contributed by atoms with Gasteiger partial charge >= 0.3 is 5.97 Å². The van der Waals surface area contributed by atoms with Crippen LogP contribution >= 0.6 is 0 Å². The van der Waals surface area contributed by atoms with Gasteiger partial charge in [-0.2, -0.15) is 0 Å². The summed E-state index contributed by atoms with van der Waals surface area (Å²) in [5, 5.41) is 9.03. The molecule has 0 bridgehead atoms. The molecule has 0 spiro atoms. The summed E-state index contributed by atoms with van der Waals surface area (Å²) in [4.78, 5) is 35.3. The molecule has 0 aromatic heterocycles. The number of likely N-dealkylation sites (tertiary alicyclic amines) is 1. The van der Waals surface area contributed by atoms with Crippen LogP contribution in [0.5, 0.6) is 0 Å². The van der Waals surface area contributed by atoms with Crippen molar-refractivity contribution in [2.75, 3.05) is 6.54 Å². The maximum Gasteiger partial charge on any atom is 0.346 e. The molecule has 1 aliphatic rings. The van der Waals surface area contributed by atoms with Crippen molar-refractivity contribution in [3.8, 4) is 0 Å². The molecule has 5 N–H and O–H groups in total. The van der Waals surface area contributed by atoms with E-state index in [2.05, 4.69) is 0 Å².